The van der Waals surface area contributed by atoms with Crippen molar-refractivity contribution in [2.45, 2.75) is 19.9 Å². The van der Waals surface area contributed by atoms with Gasteiger partial charge in [-0.25, -0.2) is 4.98 Å². The van der Waals surface area contributed by atoms with Crippen molar-refractivity contribution < 1.29 is 4.74 Å². The van der Waals surface area contributed by atoms with E-state index in [1.54, 1.807) is 13.2 Å². The second-order valence-corrected chi connectivity index (χ2v) is 4.92. The number of hydrogen-bond acceptors (Lipinski definition) is 4. The van der Waals surface area contributed by atoms with Gasteiger partial charge in [-0.15, -0.1) is 0 Å². The Hall–Kier alpha value is -2.56. The summed E-state index contributed by atoms with van der Waals surface area (Å²) in [7, 11) is 1.60. The van der Waals surface area contributed by atoms with Crippen LogP contribution in [0.1, 0.15) is 18.1 Å². The number of nitrogens with zero attached hydrogens (tertiary/aromatic N) is 3. The average molecular weight is 282 g/mol. The molecule has 0 bridgehead atoms. The molecule has 0 aliphatic carbocycles. The van der Waals surface area contributed by atoms with Crippen LogP contribution in [0.4, 0.5) is 5.95 Å². The molecule has 2 heterocycles. The number of rotatable bonds is 4. The molecule has 0 aliphatic rings. The van der Waals surface area contributed by atoms with Gasteiger partial charge in [-0.05, 0) is 23.6 Å². The summed E-state index contributed by atoms with van der Waals surface area (Å²) in [5.41, 5.74) is 10.0. The fraction of sp³-hybridized carbons (Fsp3) is 0.250. The third kappa shape index (κ3) is 2.54. The maximum atomic E-state index is 6.02. The molecule has 0 radical (unpaired) electrons. The number of anilines is 1. The monoisotopic (exact) mass is 282 g/mol. The SMILES string of the molecule is CCc1ccc(Cn2c(N)nc3ccc(OC)nc32)cc1. The molecule has 0 saturated carbocycles. The minimum atomic E-state index is 0.463. The molecule has 0 amide bonds. The van der Waals surface area contributed by atoms with Crippen LogP contribution < -0.4 is 10.5 Å². The van der Waals surface area contributed by atoms with E-state index >= 15 is 0 Å². The third-order valence-electron chi connectivity index (χ3n) is 3.58. The molecule has 108 valence electrons. The largest absolute Gasteiger partial charge is 0.481 e. The topological polar surface area (TPSA) is 66.0 Å². The van der Waals surface area contributed by atoms with Gasteiger partial charge in [0.2, 0.25) is 11.8 Å². The number of hydrogen-bond donors (Lipinski definition) is 1. The number of nitrogen functional groups attached to an aromatic ring is 1. The van der Waals surface area contributed by atoms with Crippen molar-refractivity contribution in [3.8, 4) is 5.88 Å². The predicted octanol–water partition coefficient (Wildman–Crippen LogP) is 2.63. The molecule has 3 aromatic rings. The van der Waals surface area contributed by atoms with Crippen LogP contribution in [0.15, 0.2) is 36.4 Å². The number of methoxy groups -OCH3 is 1. The molecule has 3 rings (SSSR count). The highest BCUT2D eigenvalue weighted by molar-refractivity contribution is 5.75. The van der Waals surface area contributed by atoms with Crippen LogP contribution in [0.3, 0.4) is 0 Å². The minimum Gasteiger partial charge on any atom is -0.481 e. The van der Waals surface area contributed by atoms with Gasteiger partial charge >= 0.3 is 0 Å². The summed E-state index contributed by atoms with van der Waals surface area (Å²) in [4.78, 5) is 8.78. The number of fused-ring (bicyclic) bond motifs is 1. The zero-order valence-corrected chi connectivity index (χ0v) is 12.2. The van der Waals surface area contributed by atoms with Gasteiger partial charge < -0.3 is 10.5 Å². The summed E-state index contributed by atoms with van der Waals surface area (Å²) < 4.78 is 7.08. The van der Waals surface area contributed by atoms with Gasteiger partial charge in [0.25, 0.3) is 0 Å². The highest BCUT2D eigenvalue weighted by Crippen LogP contribution is 2.20. The second-order valence-electron chi connectivity index (χ2n) is 4.92. The van der Waals surface area contributed by atoms with E-state index in [1.807, 2.05) is 10.6 Å². The lowest BCUT2D eigenvalue weighted by Crippen LogP contribution is -2.05. The van der Waals surface area contributed by atoms with Crippen molar-refractivity contribution in [1.82, 2.24) is 14.5 Å². The summed E-state index contributed by atoms with van der Waals surface area (Å²) >= 11 is 0. The maximum absolute atomic E-state index is 6.02. The summed E-state index contributed by atoms with van der Waals surface area (Å²) in [5.74, 6) is 1.02. The Morgan fingerprint density at radius 1 is 1.05 bits per heavy atom. The number of aryl methyl sites for hydroxylation is 1. The van der Waals surface area contributed by atoms with E-state index in [2.05, 4.69) is 41.2 Å². The fourth-order valence-electron chi connectivity index (χ4n) is 2.33. The molecular weight excluding hydrogens is 264 g/mol. The summed E-state index contributed by atoms with van der Waals surface area (Å²) in [6, 6.07) is 12.2. The van der Waals surface area contributed by atoms with Gasteiger partial charge in [0.15, 0.2) is 5.65 Å². The van der Waals surface area contributed by atoms with E-state index in [9.17, 15) is 0 Å². The molecule has 0 spiro atoms. The Balaban J connectivity index is 2.00. The standard InChI is InChI=1S/C16H18N4O/c1-3-11-4-6-12(7-5-11)10-20-15-13(18-16(20)17)8-9-14(19-15)21-2/h4-9H,3,10H2,1-2H3,(H2,17,18). The van der Waals surface area contributed by atoms with Gasteiger partial charge in [0, 0.05) is 6.07 Å². The first kappa shape index (κ1) is 13.4. The number of pyridine rings is 1. The Kier molecular flexibility index (Phi) is 3.48. The fourth-order valence-corrected chi connectivity index (χ4v) is 2.33. The number of benzene rings is 1. The van der Waals surface area contributed by atoms with Crippen molar-refractivity contribution >= 4 is 17.1 Å². The molecule has 5 nitrogen and oxygen atoms in total. The lowest BCUT2D eigenvalue weighted by Gasteiger charge is -2.07. The van der Waals surface area contributed by atoms with Gasteiger partial charge in [-0.2, -0.15) is 4.98 Å². The van der Waals surface area contributed by atoms with E-state index in [1.165, 1.54) is 11.1 Å². The van der Waals surface area contributed by atoms with E-state index in [0.717, 1.165) is 17.6 Å². The van der Waals surface area contributed by atoms with Crippen molar-refractivity contribution in [2.75, 3.05) is 12.8 Å². The zero-order chi connectivity index (χ0) is 14.8. The van der Waals surface area contributed by atoms with Crippen molar-refractivity contribution in [2.24, 2.45) is 0 Å². The molecule has 2 aromatic heterocycles. The first-order valence-electron chi connectivity index (χ1n) is 6.96. The Bertz CT molecular complexity index is 762. The molecule has 0 aliphatic heterocycles. The Morgan fingerprint density at radius 3 is 2.43 bits per heavy atom. The number of nitrogens with two attached hydrogens (primary N) is 1. The van der Waals surface area contributed by atoms with E-state index in [4.69, 9.17) is 10.5 Å². The van der Waals surface area contributed by atoms with Crippen LogP contribution in [0.2, 0.25) is 0 Å². The second kappa shape index (κ2) is 5.44. The Labute approximate surface area is 123 Å². The molecule has 0 unspecified atom stereocenters. The van der Waals surface area contributed by atoms with E-state index in [0.29, 0.717) is 18.4 Å². The molecule has 0 fully saturated rings. The molecular formula is C16H18N4O. The maximum Gasteiger partial charge on any atom is 0.215 e. The van der Waals surface area contributed by atoms with E-state index in [-0.39, 0.29) is 0 Å². The van der Waals surface area contributed by atoms with Crippen molar-refractivity contribution in [3.05, 3.63) is 47.5 Å². The summed E-state index contributed by atoms with van der Waals surface area (Å²) in [5, 5.41) is 0. The average Bonchev–Trinajstić information content (AvgIpc) is 2.83. The van der Waals surface area contributed by atoms with Crippen LogP contribution in [-0.4, -0.2) is 21.6 Å². The van der Waals surface area contributed by atoms with Gasteiger partial charge in [-0.1, -0.05) is 31.2 Å². The molecule has 21 heavy (non-hydrogen) atoms. The normalized spacial score (nSPS) is 11.0. The van der Waals surface area contributed by atoms with Gasteiger partial charge in [0.05, 0.1) is 13.7 Å². The van der Waals surface area contributed by atoms with Crippen LogP contribution in [0, 0.1) is 0 Å². The van der Waals surface area contributed by atoms with Gasteiger partial charge in [0.1, 0.15) is 5.52 Å². The number of ether oxygens (including phenoxy) is 1. The van der Waals surface area contributed by atoms with E-state index < -0.39 is 0 Å². The van der Waals surface area contributed by atoms with Crippen LogP contribution in [0.5, 0.6) is 5.88 Å². The zero-order valence-electron chi connectivity index (χ0n) is 12.2. The Morgan fingerprint density at radius 2 is 1.76 bits per heavy atom. The smallest absolute Gasteiger partial charge is 0.215 e. The van der Waals surface area contributed by atoms with Crippen LogP contribution >= 0.6 is 0 Å². The minimum absolute atomic E-state index is 0.463. The first-order valence-corrected chi connectivity index (χ1v) is 6.96. The molecule has 0 saturated heterocycles. The molecule has 5 heteroatoms. The van der Waals surface area contributed by atoms with Crippen molar-refractivity contribution in [1.29, 1.82) is 0 Å². The van der Waals surface area contributed by atoms with Crippen LogP contribution in [-0.2, 0) is 13.0 Å². The highest BCUT2D eigenvalue weighted by Gasteiger charge is 2.11. The third-order valence-corrected chi connectivity index (χ3v) is 3.58. The first-order chi connectivity index (χ1) is 10.2. The lowest BCUT2D eigenvalue weighted by molar-refractivity contribution is 0.399. The molecule has 2 N–H and O–H groups in total. The van der Waals surface area contributed by atoms with Crippen LogP contribution in [0.25, 0.3) is 11.2 Å². The summed E-state index contributed by atoms with van der Waals surface area (Å²) in [6.07, 6.45) is 1.04. The summed E-state index contributed by atoms with van der Waals surface area (Å²) in [6.45, 7) is 2.79. The number of aromatic nitrogens is 3. The lowest BCUT2D eigenvalue weighted by atomic mass is 10.1. The molecule has 1 aromatic carbocycles. The molecule has 0 atom stereocenters. The predicted molar refractivity (Wildman–Crippen MR) is 83.4 cm³/mol. The highest BCUT2D eigenvalue weighted by atomic mass is 16.5. The number of imidazole rings is 1. The quantitative estimate of drug-likeness (QED) is 0.799. The van der Waals surface area contributed by atoms with Crippen molar-refractivity contribution in [3.63, 3.8) is 0 Å². The van der Waals surface area contributed by atoms with Gasteiger partial charge in [-0.3, -0.25) is 4.57 Å².